The van der Waals surface area contributed by atoms with Crippen LogP contribution in [0.5, 0.6) is 0 Å². The molecular weight excluding hydrogens is 332 g/mol. The lowest BCUT2D eigenvalue weighted by atomic mass is 10.2. The molecule has 0 bridgehead atoms. The minimum absolute atomic E-state index is 0.409. The van der Waals surface area contributed by atoms with Crippen LogP contribution >= 0.6 is 11.6 Å². The normalized spacial score (nSPS) is 14.3. The average Bonchev–Trinajstić information content (AvgIpc) is 2.64. The summed E-state index contributed by atoms with van der Waals surface area (Å²) in [6.45, 7) is 2.93. The Kier molecular flexibility index (Phi) is 5.12. The van der Waals surface area contributed by atoms with Crippen molar-refractivity contribution in [2.45, 2.75) is 0 Å². The Bertz CT molecular complexity index is 735. The van der Waals surface area contributed by atoms with Crippen LogP contribution in [0, 0.1) is 0 Å². The maximum Gasteiger partial charge on any atom is 0.337 e. The van der Waals surface area contributed by atoms with Crippen LogP contribution in [0.25, 0.3) is 0 Å². The number of hydrogen-bond donors (Lipinski definition) is 1. The van der Waals surface area contributed by atoms with E-state index in [0.29, 0.717) is 35.3 Å². The van der Waals surface area contributed by atoms with Gasteiger partial charge in [-0.1, -0.05) is 11.6 Å². The van der Waals surface area contributed by atoms with Crippen molar-refractivity contribution in [3.63, 3.8) is 0 Å². The minimum Gasteiger partial charge on any atom is -0.465 e. The SMILES string of the molecule is COC(=O)c1ccc(Cl)c(Nc2cc(N3CCOCC3)ncn2)c1. The molecule has 0 unspecified atom stereocenters. The summed E-state index contributed by atoms with van der Waals surface area (Å²) >= 11 is 6.20. The topological polar surface area (TPSA) is 76.6 Å². The van der Waals surface area contributed by atoms with E-state index in [4.69, 9.17) is 21.1 Å². The molecular formula is C16H17ClN4O3. The lowest BCUT2D eigenvalue weighted by Gasteiger charge is -2.27. The fourth-order valence-corrected chi connectivity index (χ4v) is 2.55. The van der Waals surface area contributed by atoms with E-state index in [1.165, 1.54) is 13.4 Å². The van der Waals surface area contributed by atoms with Gasteiger partial charge in [-0.25, -0.2) is 14.8 Å². The fraction of sp³-hybridized carbons (Fsp3) is 0.312. The van der Waals surface area contributed by atoms with Gasteiger partial charge in [0, 0.05) is 19.2 Å². The standard InChI is InChI=1S/C16H17ClN4O3/c1-23-16(22)11-2-3-12(17)13(8-11)20-14-9-15(19-10-18-14)21-4-6-24-7-5-21/h2-3,8-10H,4-7H2,1H3,(H,18,19,20). The summed E-state index contributed by atoms with van der Waals surface area (Å²) in [5.41, 5.74) is 0.984. The zero-order valence-corrected chi connectivity index (χ0v) is 13.9. The number of methoxy groups -OCH3 is 1. The van der Waals surface area contributed by atoms with Crippen molar-refractivity contribution in [1.29, 1.82) is 0 Å². The fourth-order valence-electron chi connectivity index (χ4n) is 2.38. The number of morpholine rings is 1. The Balaban J connectivity index is 1.82. The van der Waals surface area contributed by atoms with Gasteiger partial charge in [0.25, 0.3) is 0 Å². The summed E-state index contributed by atoms with van der Waals surface area (Å²) in [5, 5.41) is 3.60. The number of anilines is 3. The molecule has 0 saturated carbocycles. The van der Waals surface area contributed by atoms with Gasteiger partial charge in [-0.05, 0) is 18.2 Å². The number of carbonyl (C=O) groups is 1. The Hall–Kier alpha value is -2.38. The second kappa shape index (κ2) is 7.46. The Morgan fingerprint density at radius 3 is 2.83 bits per heavy atom. The second-order valence-electron chi connectivity index (χ2n) is 5.17. The van der Waals surface area contributed by atoms with Gasteiger partial charge < -0.3 is 19.7 Å². The van der Waals surface area contributed by atoms with Gasteiger partial charge >= 0.3 is 5.97 Å². The smallest absolute Gasteiger partial charge is 0.337 e. The molecule has 1 aliphatic heterocycles. The van der Waals surface area contributed by atoms with Gasteiger partial charge in [0.2, 0.25) is 0 Å². The Morgan fingerprint density at radius 2 is 2.08 bits per heavy atom. The van der Waals surface area contributed by atoms with Crippen molar-refractivity contribution >= 4 is 34.9 Å². The summed E-state index contributed by atoms with van der Waals surface area (Å²) in [7, 11) is 1.34. The van der Waals surface area contributed by atoms with Crippen LogP contribution in [0.3, 0.4) is 0 Å². The summed E-state index contributed by atoms with van der Waals surface area (Å²) in [6, 6.07) is 6.72. The first kappa shape index (κ1) is 16.5. The van der Waals surface area contributed by atoms with Crippen LogP contribution in [-0.2, 0) is 9.47 Å². The highest BCUT2D eigenvalue weighted by atomic mass is 35.5. The van der Waals surface area contributed by atoms with E-state index in [9.17, 15) is 4.79 Å². The predicted molar refractivity (Wildman–Crippen MR) is 91.1 cm³/mol. The van der Waals surface area contributed by atoms with E-state index in [0.717, 1.165) is 18.9 Å². The van der Waals surface area contributed by atoms with Crippen molar-refractivity contribution in [2.75, 3.05) is 43.6 Å². The third-order valence-corrected chi connectivity index (χ3v) is 3.97. The van der Waals surface area contributed by atoms with E-state index in [1.54, 1.807) is 18.2 Å². The molecule has 1 aromatic carbocycles. The molecule has 1 fully saturated rings. The first-order chi connectivity index (χ1) is 11.7. The molecule has 0 amide bonds. The molecule has 24 heavy (non-hydrogen) atoms. The number of aromatic nitrogens is 2. The second-order valence-corrected chi connectivity index (χ2v) is 5.58. The largest absolute Gasteiger partial charge is 0.465 e. The van der Waals surface area contributed by atoms with Crippen LogP contribution < -0.4 is 10.2 Å². The van der Waals surface area contributed by atoms with E-state index < -0.39 is 5.97 Å². The molecule has 2 aromatic rings. The number of halogens is 1. The van der Waals surface area contributed by atoms with Crippen LogP contribution in [0.4, 0.5) is 17.3 Å². The lowest BCUT2D eigenvalue weighted by molar-refractivity contribution is 0.0601. The van der Waals surface area contributed by atoms with Crippen molar-refractivity contribution in [3.05, 3.63) is 41.2 Å². The molecule has 0 spiro atoms. The number of rotatable bonds is 4. The zero-order chi connectivity index (χ0) is 16.9. The van der Waals surface area contributed by atoms with Crippen molar-refractivity contribution in [3.8, 4) is 0 Å². The molecule has 8 heteroatoms. The molecule has 1 aliphatic rings. The number of nitrogens with one attached hydrogen (secondary N) is 1. The highest BCUT2D eigenvalue weighted by molar-refractivity contribution is 6.33. The highest BCUT2D eigenvalue weighted by Crippen LogP contribution is 2.27. The van der Waals surface area contributed by atoms with Gasteiger partial charge in [-0.15, -0.1) is 0 Å². The number of hydrogen-bond acceptors (Lipinski definition) is 7. The van der Waals surface area contributed by atoms with Crippen LogP contribution in [0.15, 0.2) is 30.6 Å². The monoisotopic (exact) mass is 348 g/mol. The van der Waals surface area contributed by atoms with Crippen LogP contribution in [-0.4, -0.2) is 49.4 Å². The summed E-state index contributed by atoms with van der Waals surface area (Å²) < 4.78 is 10.1. The van der Waals surface area contributed by atoms with E-state index in [-0.39, 0.29) is 0 Å². The maximum absolute atomic E-state index is 11.7. The molecule has 1 saturated heterocycles. The molecule has 0 aliphatic carbocycles. The van der Waals surface area contributed by atoms with Gasteiger partial charge in [0.1, 0.15) is 18.0 Å². The molecule has 1 aromatic heterocycles. The zero-order valence-electron chi connectivity index (χ0n) is 13.2. The summed E-state index contributed by atoms with van der Waals surface area (Å²) in [4.78, 5) is 22.3. The Labute approximate surface area is 144 Å². The maximum atomic E-state index is 11.7. The number of esters is 1. The quantitative estimate of drug-likeness (QED) is 0.850. The number of benzene rings is 1. The lowest BCUT2D eigenvalue weighted by Crippen LogP contribution is -2.36. The molecule has 1 N–H and O–H groups in total. The third-order valence-electron chi connectivity index (χ3n) is 3.64. The van der Waals surface area contributed by atoms with Gasteiger partial charge in [0.15, 0.2) is 0 Å². The minimum atomic E-state index is -0.425. The molecule has 0 atom stereocenters. The van der Waals surface area contributed by atoms with Crippen molar-refractivity contribution in [1.82, 2.24) is 9.97 Å². The number of carbonyl (C=O) groups excluding carboxylic acids is 1. The van der Waals surface area contributed by atoms with Gasteiger partial charge in [-0.2, -0.15) is 0 Å². The van der Waals surface area contributed by atoms with Gasteiger partial charge in [-0.3, -0.25) is 0 Å². The summed E-state index contributed by atoms with van der Waals surface area (Å²) in [5.74, 6) is 0.984. The molecule has 0 radical (unpaired) electrons. The Morgan fingerprint density at radius 1 is 1.29 bits per heavy atom. The van der Waals surface area contributed by atoms with Crippen molar-refractivity contribution < 1.29 is 14.3 Å². The first-order valence-corrected chi connectivity index (χ1v) is 7.85. The van der Waals surface area contributed by atoms with E-state index >= 15 is 0 Å². The third kappa shape index (κ3) is 3.74. The molecule has 7 nitrogen and oxygen atoms in total. The first-order valence-electron chi connectivity index (χ1n) is 7.47. The van der Waals surface area contributed by atoms with Crippen LogP contribution in [0.1, 0.15) is 10.4 Å². The molecule has 126 valence electrons. The number of nitrogens with zero attached hydrogens (tertiary/aromatic N) is 3. The van der Waals surface area contributed by atoms with Crippen LogP contribution in [0.2, 0.25) is 5.02 Å². The molecule has 3 rings (SSSR count). The summed E-state index contributed by atoms with van der Waals surface area (Å²) in [6.07, 6.45) is 1.49. The number of ether oxygens (including phenoxy) is 2. The van der Waals surface area contributed by atoms with E-state index in [2.05, 4.69) is 20.2 Å². The highest BCUT2D eigenvalue weighted by Gasteiger charge is 2.14. The van der Waals surface area contributed by atoms with Crippen molar-refractivity contribution in [2.24, 2.45) is 0 Å². The van der Waals surface area contributed by atoms with Gasteiger partial charge in [0.05, 0.1) is 36.6 Å². The van der Waals surface area contributed by atoms with E-state index in [1.807, 2.05) is 6.07 Å². The average molecular weight is 349 g/mol. The molecule has 2 heterocycles. The predicted octanol–water partition coefficient (Wildman–Crippen LogP) is 2.50.